The molecule has 1 atom stereocenters. The van der Waals surface area contributed by atoms with Crippen molar-refractivity contribution < 1.29 is 14.6 Å². The lowest BCUT2D eigenvalue weighted by molar-refractivity contribution is -0.130. The van der Waals surface area contributed by atoms with Gasteiger partial charge in [0.2, 0.25) is 0 Å². The van der Waals surface area contributed by atoms with Gasteiger partial charge in [0, 0.05) is 13.0 Å². The molecule has 3 nitrogen and oxygen atoms in total. The van der Waals surface area contributed by atoms with Crippen LogP contribution in [0.5, 0.6) is 5.75 Å². The van der Waals surface area contributed by atoms with Crippen molar-refractivity contribution in [1.29, 1.82) is 0 Å². The SMILES string of the molecule is CCCOC(C(=O)CC)c1cccc(O)c1. The molecule has 0 aliphatic heterocycles. The zero-order chi connectivity index (χ0) is 12.0. The van der Waals surface area contributed by atoms with E-state index in [2.05, 4.69) is 0 Å². The molecule has 1 N–H and O–H groups in total. The molecular formula is C13H18O3. The molecule has 0 amide bonds. The minimum Gasteiger partial charge on any atom is -0.508 e. The molecule has 0 radical (unpaired) electrons. The van der Waals surface area contributed by atoms with Crippen molar-refractivity contribution in [3.8, 4) is 5.75 Å². The first kappa shape index (κ1) is 12.7. The smallest absolute Gasteiger partial charge is 0.165 e. The molecule has 0 saturated carbocycles. The molecule has 1 rings (SSSR count). The maximum Gasteiger partial charge on any atom is 0.165 e. The summed E-state index contributed by atoms with van der Waals surface area (Å²) in [6, 6.07) is 6.67. The fourth-order valence-electron chi connectivity index (χ4n) is 1.48. The number of benzene rings is 1. The number of hydrogen-bond donors (Lipinski definition) is 1. The highest BCUT2D eigenvalue weighted by atomic mass is 16.5. The topological polar surface area (TPSA) is 46.5 Å². The summed E-state index contributed by atoms with van der Waals surface area (Å²) in [7, 11) is 0. The van der Waals surface area contributed by atoms with Crippen molar-refractivity contribution in [3.63, 3.8) is 0 Å². The van der Waals surface area contributed by atoms with Crippen LogP contribution in [0.15, 0.2) is 24.3 Å². The minimum atomic E-state index is -0.544. The Morgan fingerprint density at radius 1 is 1.44 bits per heavy atom. The fraction of sp³-hybridized carbons (Fsp3) is 0.462. The number of phenolic OH excluding ortho intramolecular Hbond substituents is 1. The second-order valence-electron chi connectivity index (χ2n) is 3.67. The molecule has 16 heavy (non-hydrogen) atoms. The number of aromatic hydroxyl groups is 1. The van der Waals surface area contributed by atoms with Crippen LogP contribution in [0, 0.1) is 0 Å². The van der Waals surface area contributed by atoms with E-state index in [4.69, 9.17) is 4.74 Å². The molecule has 0 saturated heterocycles. The Hall–Kier alpha value is -1.35. The normalized spacial score (nSPS) is 12.4. The quantitative estimate of drug-likeness (QED) is 0.805. The van der Waals surface area contributed by atoms with E-state index in [1.54, 1.807) is 24.3 Å². The van der Waals surface area contributed by atoms with E-state index in [9.17, 15) is 9.90 Å². The zero-order valence-corrected chi connectivity index (χ0v) is 9.77. The van der Waals surface area contributed by atoms with Crippen LogP contribution in [0.25, 0.3) is 0 Å². The van der Waals surface area contributed by atoms with Crippen molar-refractivity contribution in [3.05, 3.63) is 29.8 Å². The summed E-state index contributed by atoms with van der Waals surface area (Å²) >= 11 is 0. The van der Waals surface area contributed by atoms with Crippen LogP contribution in [0.4, 0.5) is 0 Å². The number of carbonyl (C=O) groups is 1. The Morgan fingerprint density at radius 3 is 2.75 bits per heavy atom. The van der Waals surface area contributed by atoms with Crippen molar-refractivity contribution in [2.45, 2.75) is 32.8 Å². The van der Waals surface area contributed by atoms with Gasteiger partial charge in [-0.1, -0.05) is 26.0 Å². The lowest BCUT2D eigenvalue weighted by Gasteiger charge is -2.16. The summed E-state index contributed by atoms with van der Waals surface area (Å²) in [5, 5.41) is 9.37. The van der Waals surface area contributed by atoms with E-state index < -0.39 is 6.10 Å². The first-order chi connectivity index (χ1) is 7.69. The van der Waals surface area contributed by atoms with Crippen LogP contribution < -0.4 is 0 Å². The molecule has 0 aromatic heterocycles. The van der Waals surface area contributed by atoms with Crippen LogP contribution in [0.1, 0.15) is 38.4 Å². The van der Waals surface area contributed by atoms with Crippen molar-refractivity contribution in [2.24, 2.45) is 0 Å². The van der Waals surface area contributed by atoms with Crippen LogP contribution in [0.3, 0.4) is 0 Å². The molecule has 1 aromatic rings. The molecule has 0 heterocycles. The highest BCUT2D eigenvalue weighted by Gasteiger charge is 2.19. The van der Waals surface area contributed by atoms with Gasteiger partial charge in [-0.25, -0.2) is 0 Å². The average molecular weight is 222 g/mol. The third-order valence-electron chi connectivity index (χ3n) is 2.30. The Kier molecular flexibility index (Phi) is 4.99. The van der Waals surface area contributed by atoms with E-state index in [-0.39, 0.29) is 11.5 Å². The Labute approximate surface area is 96.1 Å². The Balaban J connectivity index is 2.87. The largest absolute Gasteiger partial charge is 0.508 e. The second-order valence-corrected chi connectivity index (χ2v) is 3.67. The molecule has 0 fully saturated rings. The molecule has 0 spiro atoms. The number of phenols is 1. The van der Waals surface area contributed by atoms with Gasteiger partial charge in [-0.15, -0.1) is 0 Å². The Bertz CT molecular complexity index is 347. The molecule has 1 aromatic carbocycles. The van der Waals surface area contributed by atoms with Crippen LogP contribution in [-0.2, 0) is 9.53 Å². The maximum atomic E-state index is 11.7. The number of rotatable bonds is 6. The molecule has 1 unspecified atom stereocenters. The predicted molar refractivity (Wildman–Crippen MR) is 62.4 cm³/mol. The summed E-state index contributed by atoms with van der Waals surface area (Å²) in [5.41, 5.74) is 0.723. The second kappa shape index (κ2) is 6.28. The zero-order valence-electron chi connectivity index (χ0n) is 9.77. The fourth-order valence-corrected chi connectivity index (χ4v) is 1.48. The molecule has 0 bridgehead atoms. The molecule has 3 heteroatoms. The summed E-state index contributed by atoms with van der Waals surface area (Å²) in [4.78, 5) is 11.7. The third kappa shape index (κ3) is 3.35. The highest BCUT2D eigenvalue weighted by molar-refractivity contribution is 5.84. The summed E-state index contributed by atoms with van der Waals surface area (Å²) in [6.45, 7) is 4.36. The molecule has 0 aliphatic rings. The van der Waals surface area contributed by atoms with E-state index in [0.29, 0.717) is 13.0 Å². The van der Waals surface area contributed by atoms with Gasteiger partial charge < -0.3 is 9.84 Å². The molecule has 88 valence electrons. The minimum absolute atomic E-state index is 0.0408. The van der Waals surface area contributed by atoms with Crippen molar-refractivity contribution in [1.82, 2.24) is 0 Å². The maximum absolute atomic E-state index is 11.7. The van der Waals surface area contributed by atoms with Crippen molar-refractivity contribution >= 4 is 5.78 Å². The van der Waals surface area contributed by atoms with E-state index in [0.717, 1.165) is 12.0 Å². The highest BCUT2D eigenvalue weighted by Crippen LogP contribution is 2.23. The van der Waals surface area contributed by atoms with Crippen LogP contribution in [0.2, 0.25) is 0 Å². The predicted octanol–water partition coefficient (Wildman–Crippen LogP) is 2.84. The van der Waals surface area contributed by atoms with Gasteiger partial charge in [-0.2, -0.15) is 0 Å². The first-order valence-electron chi connectivity index (χ1n) is 5.62. The average Bonchev–Trinajstić information content (AvgIpc) is 2.29. The van der Waals surface area contributed by atoms with Gasteiger partial charge in [-0.3, -0.25) is 4.79 Å². The standard InChI is InChI=1S/C13H18O3/c1-3-8-16-13(12(15)4-2)10-6-5-7-11(14)9-10/h5-7,9,13-14H,3-4,8H2,1-2H3. The molecular weight excluding hydrogens is 204 g/mol. The van der Waals surface area contributed by atoms with Crippen LogP contribution >= 0.6 is 0 Å². The van der Waals surface area contributed by atoms with E-state index in [1.165, 1.54) is 0 Å². The van der Waals surface area contributed by atoms with E-state index >= 15 is 0 Å². The monoisotopic (exact) mass is 222 g/mol. The summed E-state index contributed by atoms with van der Waals surface area (Å²) < 4.78 is 5.52. The van der Waals surface area contributed by atoms with Gasteiger partial charge >= 0.3 is 0 Å². The number of carbonyl (C=O) groups excluding carboxylic acids is 1. The number of ketones is 1. The first-order valence-corrected chi connectivity index (χ1v) is 5.62. The van der Waals surface area contributed by atoms with Gasteiger partial charge in [0.15, 0.2) is 5.78 Å². The number of hydrogen-bond acceptors (Lipinski definition) is 3. The lowest BCUT2D eigenvalue weighted by Crippen LogP contribution is -2.15. The van der Waals surface area contributed by atoms with Gasteiger partial charge in [-0.05, 0) is 24.1 Å². The number of Topliss-reactive ketones (excluding diaryl/α,β-unsaturated/α-hetero) is 1. The summed E-state index contributed by atoms with van der Waals surface area (Å²) in [6.07, 6.45) is 0.758. The van der Waals surface area contributed by atoms with Gasteiger partial charge in [0.05, 0.1) is 0 Å². The van der Waals surface area contributed by atoms with Crippen molar-refractivity contribution in [2.75, 3.05) is 6.61 Å². The summed E-state index contributed by atoms with van der Waals surface area (Å²) in [5.74, 6) is 0.200. The third-order valence-corrected chi connectivity index (χ3v) is 2.30. The van der Waals surface area contributed by atoms with Gasteiger partial charge in [0.1, 0.15) is 11.9 Å². The molecule has 0 aliphatic carbocycles. The van der Waals surface area contributed by atoms with Crippen LogP contribution in [-0.4, -0.2) is 17.5 Å². The number of ether oxygens (including phenoxy) is 1. The van der Waals surface area contributed by atoms with E-state index in [1.807, 2.05) is 13.8 Å². The van der Waals surface area contributed by atoms with Gasteiger partial charge in [0.25, 0.3) is 0 Å². The Morgan fingerprint density at radius 2 is 2.19 bits per heavy atom. The lowest BCUT2D eigenvalue weighted by atomic mass is 10.0.